The minimum atomic E-state index is -0.346. The van der Waals surface area contributed by atoms with Gasteiger partial charge >= 0.3 is 0 Å². The van der Waals surface area contributed by atoms with Crippen LogP contribution in [0.5, 0.6) is 0 Å². The molecule has 0 radical (unpaired) electrons. The third-order valence-corrected chi connectivity index (χ3v) is 2.62. The van der Waals surface area contributed by atoms with Gasteiger partial charge in [0, 0.05) is 13.1 Å². The number of piperazine rings is 1. The molecule has 0 aromatic carbocycles. The Morgan fingerprint density at radius 3 is 2.31 bits per heavy atom. The van der Waals surface area contributed by atoms with Crippen LogP contribution in [0.1, 0.15) is 13.8 Å². The maximum Gasteiger partial charge on any atom is 0.243 e. The van der Waals surface area contributed by atoms with Crippen molar-refractivity contribution in [3.05, 3.63) is 0 Å². The molecule has 1 rings (SSSR count). The largest absolute Gasteiger partial charge is 0.342 e. The summed E-state index contributed by atoms with van der Waals surface area (Å²) in [6.45, 7) is 3.82. The monoisotopic (exact) mass is 227 g/mol. The Balaban J connectivity index is 2.61. The van der Waals surface area contributed by atoms with E-state index in [0.29, 0.717) is 0 Å². The van der Waals surface area contributed by atoms with E-state index in [9.17, 15) is 14.4 Å². The lowest BCUT2D eigenvalue weighted by Gasteiger charge is -2.28. The number of imide groups is 1. The highest BCUT2D eigenvalue weighted by Crippen LogP contribution is 2.00. The molecule has 6 heteroatoms. The number of hydrogen-bond acceptors (Lipinski definition) is 4. The number of nitrogens with one attached hydrogen (secondary N) is 1. The van der Waals surface area contributed by atoms with E-state index in [2.05, 4.69) is 5.32 Å². The molecule has 0 unspecified atom stereocenters. The van der Waals surface area contributed by atoms with E-state index in [-0.39, 0.29) is 43.4 Å². The van der Waals surface area contributed by atoms with Gasteiger partial charge < -0.3 is 4.90 Å². The summed E-state index contributed by atoms with van der Waals surface area (Å²) in [5.74, 6) is -0.915. The molecule has 90 valence electrons. The Morgan fingerprint density at radius 1 is 1.38 bits per heavy atom. The van der Waals surface area contributed by atoms with Gasteiger partial charge in [0.15, 0.2) is 0 Å². The molecular formula is C10H17N3O3. The van der Waals surface area contributed by atoms with Crippen LogP contribution < -0.4 is 5.32 Å². The first-order valence-corrected chi connectivity index (χ1v) is 5.23. The number of rotatable bonds is 3. The summed E-state index contributed by atoms with van der Waals surface area (Å²) >= 11 is 0. The summed E-state index contributed by atoms with van der Waals surface area (Å²) in [6.07, 6.45) is 0. The van der Waals surface area contributed by atoms with E-state index < -0.39 is 0 Å². The minimum Gasteiger partial charge on any atom is -0.342 e. The highest BCUT2D eigenvalue weighted by Gasteiger charge is 2.28. The third-order valence-electron chi connectivity index (χ3n) is 2.62. The highest BCUT2D eigenvalue weighted by molar-refractivity contribution is 6.02. The first-order chi connectivity index (χ1) is 7.43. The molecule has 1 aliphatic heterocycles. The molecule has 3 amide bonds. The molecule has 16 heavy (non-hydrogen) atoms. The molecule has 1 saturated heterocycles. The van der Waals surface area contributed by atoms with Crippen molar-refractivity contribution >= 4 is 17.7 Å². The molecule has 1 aliphatic rings. The summed E-state index contributed by atoms with van der Waals surface area (Å²) in [5.41, 5.74) is 0. The van der Waals surface area contributed by atoms with Crippen LogP contribution in [0, 0.1) is 0 Å². The zero-order valence-electron chi connectivity index (χ0n) is 9.82. The van der Waals surface area contributed by atoms with Gasteiger partial charge in [0.2, 0.25) is 17.7 Å². The zero-order valence-corrected chi connectivity index (χ0v) is 9.82. The van der Waals surface area contributed by atoms with Crippen LogP contribution in [0.15, 0.2) is 0 Å². The Labute approximate surface area is 94.6 Å². The lowest BCUT2D eigenvalue weighted by molar-refractivity contribution is -0.151. The maximum atomic E-state index is 11.7. The predicted octanol–water partition coefficient (Wildman–Crippen LogP) is -1.19. The van der Waals surface area contributed by atoms with Crippen molar-refractivity contribution in [3.8, 4) is 0 Å². The fraction of sp³-hybridized carbons (Fsp3) is 0.700. The van der Waals surface area contributed by atoms with Crippen molar-refractivity contribution in [1.29, 1.82) is 0 Å². The van der Waals surface area contributed by atoms with Crippen LogP contribution in [0.4, 0.5) is 0 Å². The molecule has 0 aromatic heterocycles. The second-order valence-electron chi connectivity index (χ2n) is 4.08. The Bertz CT molecular complexity index is 298. The average Bonchev–Trinajstić information content (AvgIpc) is 2.22. The van der Waals surface area contributed by atoms with Crippen molar-refractivity contribution in [2.24, 2.45) is 0 Å². The topological polar surface area (TPSA) is 69.7 Å². The first kappa shape index (κ1) is 12.6. The highest BCUT2D eigenvalue weighted by atomic mass is 16.2. The molecule has 0 aromatic rings. The van der Waals surface area contributed by atoms with Crippen LogP contribution in [0.25, 0.3) is 0 Å². The molecule has 6 nitrogen and oxygen atoms in total. The van der Waals surface area contributed by atoms with E-state index in [0.717, 1.165) is 4.90 Å². The van der Waals surface area contributed by atoms with Crippen LogP contribution >= 0.6 is 0 Å². The molecule has 1 fully saturated rings. The van der Waals surface area contributed by atoms with Crippen molar-refractivity contribution < 1.29 is 14.4 Å². The quantitative estimate of drug-likeness (QED) is 0.616. The summed E-state index contributed by atoms with van der Waals surface area (Å²) < 4.78 is 0. The number of carbonyl (C=O) groups is 3. The normalized spacial score (nSPS) is 16.9. The summed E-state index contributed by atoms with van der Waals surface area (Å²) in [5, 5.41) is 2.67. The van der Waals surface area contributed by atoms with Gasteiger partial charge in [-0.05, 0) is 13.8 Å². The SMILES string of the molecule is CC(C)N(C)C(=O)CN1C(=O)CNCC1=O. The standard InChI is InChI=1S/C10H17N3O3/c1-7(2)12(3)10(16)6-13-8(14)4-11-5-9(13)15/h7,11H,4-6H2,1-3H3. The van der Waals surface area contributed by atoms with Crippen molar-refractivity contribution in [2.75, 3.05) is 26.7 Å². The van der Waals surface area contributed by atoms with E-state index in [1.165, 1.54) is 4.90 Å². The van der Waals surface area contributed by atoms with Crippen molar-refractivity contribution in [2.45, 2.75) is 19.9 Å². The van der Waals surface area contributed by atoms with Gasteiger partial charge in [-0.15, -0.1) is 0 Å². The smallest absolute Gasteiger partial charge is 0.243 e. The molecule has 1 heterocycles. The van der Waals surface area contributed by atoms with Crippen LogP contribution in [0.3, 0.4) is 0 Å². The second kappa shape index (κ2) is 5.07. The van der Waals surface area contributed by atoms with Gasteiger partial charge in [0.1, 0.15) is 6.54 Å². The van der Waals surface area contributed by atoms with Gasteiger partial charge in [-0.2, -0.15) is 0 Å². The number of nitrogens with zero attached hydrogens (tertiary/aromatic N) is 2. The molecular weight excluding hydrogens is 210 g/mol. The Kier molecular flexibility index (Phi) is 4.00. The van der Waals surface area contributed by atoms with Gasteiger partial charge in [-0.3, -0.25) is 24.6 Å². The number of carbonyl (C=O) groups excluding carboxylic acids is 3. The van der Waals surface area contributed by atoms with E-state index >= 15 is 0 Å². The van der Waals surface area contributed by atoms with Crippen molar-refractivity contribution in [3.63, 3.8) is 0 Å². The second-order valence-corrected chi connectivity index (χ2v) is 4.08. The first-order valence-electron chi connectivity index (χ1n) is 5.23. The van der Waals surface area contributed by atoms with Crippen molar-refractivity contribution in [1.82, 2.24) is 15.1 Å². The Morgan fingerprint density at radius 2 is 1.88 bits per heavy atom. The van der Waals surface area contributed by atoms with E-state index in [1.54, 1.807) is 7.05 Å². The zero-order chi connectivity index (χ0) is 12.3. The van der Waals surface area contributed by atoms with Crippen LogP contribution in [0.2, 0.25) is 0 Å². The molecule has 1 N–H and O–H groups in total. The van der Waals surface area contributed by atoms with E-state index in [4.69, 9.17) is 0 Å². The number of hydrogen-bond donors (Lipinski definition) is 1. The van der Waals surface area contributed by atoms with Gasteiger partial charge in [-0.1, -0.05) is 0 Å². The number of amides is 3. The van der Waals surface area contributed by atoms with Crippen LogP contribution in [-0.4, -0.2) is 60.2 Å². The van der Waals surface area contributed by atoms with E-state index in [1.807, 2.05) is 13.8 Å². The molecule has 0 spiro atoms. The Hall–Kier alpha value is -1.43. The number of likely N-dealkylation sites (N-methyl/N-ethyl adjacent to an activating group) is 1. The van der Waals surface area contributed by atoms with Gasteiger partial charge in [0.05, 0.1) is 13.1 Å². The summed E-state index contributed by atoms with van der Waals surface area (Å²) in [7, 11) is 1.66. The lowest BCUT2D eigenvalue weighted by Crippen LogP contribution is -2.55. The van der Waals surface area contributed by atoms with Gasteiger partial charge in [-0.25, -0.2) is 0 Å². The summed E-state index contributed by atoms with van der Waals surface area (Å²) in [6, 6.07) is 0.0561. The fourth-order valence-corrected chi connectivity index (χ4v) is 1.32. The summed E-state index contributed by atoms with van der Waals surface area (Å²) in [4.78, 5) is 37.0. The lowest BCUT2D eigenvalue weighted by atomic mass is 10.3. The molecule has 0 saturated carbocycles. The van der Waals surface area contributed by atoms with Crippen LogP contribution in [-0.2, 0) is 14.4 Å². The maximum absolute atomic E-state index is 11.7. The predicted molar refractivity (Wildman–Crippen MR) is 57.5 cm³/mol. The van der Waals surface area contributed by atoms with Gasteiger partial charge in [0.25, 0.3) is 0 Å². The molecule has 0 atom stereocenters. The third kappa shape index (κ3) is 2.79. The average molecular weight is 227 g/mol. The fourth-order valence-electron chi connectivity index (χ4n) is 1.32. The molecule has 0 aliphatic carbocycles. The minimum absolute atomic E-state index is 0.0561. The molecule has 0 bridgehead atoms.